The van der Waals surface area contributed by atoms with Crippen LogP contribution in [-0.4, -0.2) is 15.9 Å². The molecule has 1 aromatic heterocycles. The largest absolute Gasteiger partial charge is 0.512 e. The Bertz CT molecular complexity index is 1870. The number of ketones is 1. The SMILES string of the molecule is CC(C)(C)C(=O)/C=C(\O)C(C)(C)C.CCc1[c-]c(-c2nccc3c2ccc2c4ccc(C(C)(C)C)cc4ccc32)cc(CC)c1.[Ir]. The summed E-state index contributed by atoms with van der Waals surface area (Å²) >= 11 is 0. The van der Waals surface area contributed by atoms with E-state index in [4.69, 9.17) is 4.98 Å². The van der Waals surface area contributed by atoms with E-state index in [-0.39, 0.29) is 42.5 Å². The third-order valence-electron chi connectivity index (χ3n) is 8.43. The molecule has 0 aliphatic rings. The topological polar surface area (TPSA) is 50.2 Å². The van der Waals surface area contributed by atoms with Gasteiger partial charge in [0.25, 0.3) is 0 Å². The number of aliphatic hydroxyl groups excluding tert-OH is 1. The maximum atomic E-state index is 11.5. The van der Waals surface area contributed by atoms with Crippen LogP contribution in [0.1, 0.15) is 92.9 Å². The van der Waals surface area contributed by atoms with E-state index in [0.717, 1.165) is 24.1 Å². The second kappa shape index (κ2) is 14.2. The van der Waals surface area contributed by atoms with Crippen LogP contribution in [0.5, 0.6) is 0 Å². The molecule has 1 heterocycles. The molecule has 0 bridgehead atoms. The third-order valence-corrected chi connectivity index (χ3v) is 8.43. The fourth-order valence-electron chi connectivity index (χ4n) is 5.27. The summed E-state index contributed by atoms with van der Waals surface area (Å²) in [4.78, 5) is 16.3. The first kappa shape index (κ1) is 37.1. The fraction of sp³-hybridized carbons (Fsp3) is 0.381. The summed E-state index contributed by atoms with van der Waals surface area (Å²) < 4.78 is 0. The summed E-state index contributed by atoms with van der Waals surface area (Å²) in [6.07, 6.45) is 5.28. The summed E-state index contributed by atoms with van der Waals surface area (Å²) in [5.41, 5.74) is 5.47. The molecule has 0 amide bonds. The second-order valence-electron chi connectivity index (χ2n) is 15.2. The van der Waals surface area contributed by atoms with E-state index in [1.807, 2.05) is 47.7 Å². The smallest absolute Gasteiger partial charge is 0.164 e. The zero-order valence-electron chi connectivity index (χ0n) is 29.5. The van der Waals surface area contributed by atoms with Gasteiger partial charge >= 0.3 is 0 Å². The Morgan fingerprint density at radius 2 is 1.33 bits per heavy atom. The Hall–Kier alpha value is -3.33. The average Bonchev–Trinajstić information content (AvgIpc) is 2.98. The van der Waals surface area contributed by atoms with Gasteiger partial charge in [0.2, 0.25) is 0 Å². The van der Waals surface area contributed by atoms with E-state index in [0.29, 0.717) is 0 Å². The number of aromatic nitrogens is 1. The van der Waals surface area contributed by atoms with Crippen LogP contribution in [0.15, 0.2) is 78.7 Å². The Morgan fingerprint density at radius 1 is 0.739 bits per heavy atom. The van der Waals surface area contributed by atoms with Crippen molar-refractivity contribution in [3.63, 3.8) is 0 Å². The van der Waals surface area contributed by atoms with Gasteiger partial charge in [-0.15, -0.1) is 34.9 Å². The molecular formula is C42H50IrNO2-. The number of hydrogen-bond donors (Lipinski definition) is 1. The Labute approximate surface area is 289 Å². The standard InChI is InChI=1S/C31H30N.C11H20O2.Ir/c1-6-20-16-21(7-2)18-23(17-20)30-29-13-12-26-25-11-9-24(31(3,4)5)19-22(25)8-10-27(26)28(29)14-15-32-30;1-10(2,3)8(12)7-9(13)11(4,5)6;/h8-17,19H,6-7H2,1-5H3;7,12H,1-6H3;/q-1;;/b;8-7-;. The number of aryl methyl sites for hydroxylation is 2. The molecule has 1 radical (unpaired) electrons. The van der Waals surface area contributed by atoms with Gasteiger partial charge in [0.05, 0.1) is 0 Å². The Kier molecular flexibility index (Phi) is 11.5. The predicted octanol–water partition coefficient (Wildman–Crippen LogP) is 11.5. The van der Waals surface area contributed by atoms with Crippen molar-refractivity contribution in [1.29, 1.82) is 0 Å². The van der Waals surface area contributed by atoms with Crippen LogP contribution in [-0.2, 0) is 43.2 Å². The van der Waals surface area contributed by atoms with Crippen LogP contribution in [0, 0.1) is 16.9 Å². The number of benzene rings is 4. The summed E-state index contributed by atoms with van der Waals surface area (Å²) in [5.74, 6) is 0.104. The number of nitrogens with zero attached hydrogens (tertiary/aromatic N) is 1. The molecule has 0 spiro atoms. The molecule has 0 aliphatic carbocycles. The van der Waals surface area contributed by atoms with Crippen LogP contribution in [0.2, 0.25) is 0 Å². The molecule has 0 saturated carbocycles. The van der Waals surface area contributed by atoms with Crippen LogP contribution < -0.4 is 0 Å². The molecule has 0 atom stereocenters. The minimum atomic E-state index is -0.417. The van der Waals surface area contributed by atoms with Crippen molar-refractivity contribution in [2.75, 3.05) is 0 Å². The summed E-state index contributed by atoms with van der Waals surface area (Å²) in [5, 5.41) is 17.2. The Balaban J connectivity index is 0.000000352. The third kappa shape index (κ3) is 8.33. The predicted molar refractivity (Wildman–Crippen MR) is 193 cm³/mol. The van der Waals surface area contributed by atoms with Crippen LogP contribution in [0.3, 0.4) is 0 Å². The van der Waals surface area contributed by atoms with Crippen LogP contribution in [0.25, 0.3) is 43.6 Å². The number of pyridine rings is 1. The minimum Gasteiger partial charge on any atom is -0.512 e. The molecular weight excluding hydrogens is 743 g/mol. The molecule has 0 unspecified atom stereocenters. The molecule has 46 heavy (non-hydrogen) atoms. The van der Waals surface area contributed by atoms with Crippen LogP contribution in [0.4, 0.5) is 0 Å². The van der Waals surface area contributed by atoms with Gasteiger partial charge in [-0.25, -0.2) is 0 Å². The Morgan fingerprint density at radius 3 is 1.91 bits per heavy atom. The van der Waals surface area contributed by atoms with Gasteiger partial charge in [0.15, 0.2) is 5.78 Å². The summed E-state index contributed by atoms with van der Waals surface area (Å²) in [6, 6.07) is 26.3. The molecule has 5 rings (SSSR count). The minimum absolute atomic E-state index is 0. The van der Waals surface area contributed by atoms with Gasteiger partial charge in [0, 0.05) is 43.2 Å². The number of allylic oxidation sites excluding steroid dienone is 2. The molecule has 0 aliphatic heterocycles. The van der Waals surface area contributed by atoms with E-state index < -0.39 is 5.41 Å². The molecule has 245 valence electrons. The van der Waals surface area contributed by atoms with E-state index in [1.165, 1.54) is 55.1 Å². The zero-order chi connectivity index (χ0) is 33.3. The number of carbonyl (C=O) groups is 1. The van der Waals surface area contributed by atoms with Crippen molar-refractivity contribution in [3.05, 3.63) is 101 Å². The van der Waals surface area contributed by atoms with Gasteiger partial charge in [-0.3, -0.25) is 4.79 Å². The van der Waals surface area contributed by atoms with E-state index >= 15 is 0 Å². The maximum absolute atomic E-state index is 11.5. The van der Waals surface area contributed by atoms with Gasteiger partial charge in [0.1, 0.15) is 5.76 Å². The zero-order valence-corrected chi connectivity index (χ0v) is 31.9. The monoisotopic (exact) mass is 793 g/mol. The molecule has 5 aromatic rings. The number of hydrogen-bond acceptors (Lipinski definition) is 3. The van der Waals surface area contributed by atoms with Crippen molar-refractivity contribution in [2.24, 2.45) is 10.8 Å². The van der Waals surface area contributed by atoms with E-state index in [2.05, 4.69) is 101 Å². The van der Waals surface area contributed by atoms with E-state index in [9.17, 15) is 9.90 Å². The second-order valence-corrected chi connectivity index (χ2v) is 15.2. The van der Waals surface area contributed by atoms with E-state index in [1.54, 1.807) is 0 Å². The van der Waals surface area contributed by atoms with Gasteiger partial charge in [-0.1, -0.05) is 119 Å². The molecule has 0 saturated heterocycles. The molecule has 3 nitrogen and oxygen atoms in total. The van der Waals surface area contributed by atoms with Crippen molar-refractivity contribution < 1.29 is 30.0 Å². The first-order valence-electron chi connectivity index (χ1n) is 16.2. The quantitative estimate of drug-likeness (QED) is 0.0853. The molecule has 1 N–H and O–H groups in total. The maximum Gasteiger partial charge on any atom is 0.164 e. The van der Waals surface area contributed by atoms with Gasteiger partial charge in [-0.2, -0.15) is 0 Å². The summed E-state index contributed by atoms with van der Waals surface area (Å²) in [6.45, 7) is 22.3. The van der Waals surface area contributed by atoms with Crippen molar-refractivity contribution in [3.8, 4) is 11.3 Å². The van der Waals surface area contributed by atoms with Crippen molar-refractivity contribution in [1.82, 2.24) is 4.98 Å². The van der Waals surface area contributed by atoms with Crippen LogP contribution >= 0.6 is 0 Å². The fourth-order valence-corrected chi connectivity index (χ4v) is 5.27. The summed E-state index contributed by atoms with van der Waals surface area (Å²) in [7, 11) is 0. The average molecular weight is 793 g/mol. The first-order valence-corrected chi connectivity index (χ1v) is 16.2. The molecule has 0 fully saturated rings. The van der Waals surface area contributed by atoms with Crippen molar-refractivity contribution in [2.45, 2.75) is 94.4 Å². The normalized spacial score (nSPS) is 12.5. The number of rotatable bonds is 4. The molecule has 4 heteroatoms. The van der Waals surface area contributed by atoms with Crippen molar-refractivity contribution >= 4 is 38.1 Å². The number of fused-ring (bicyclic) bond motifs is 5. The van der Waals surface area contributed by atoms with Gasteiger partial charge < -0.3 is 10.1 Å². The van der Waals surface area contributed by atoms with Gasteiger partial charge in [-0.05, 0) is 67.9 Å². The number of aliphatic hydroxyl groups is 1. The molecule has 4 aromatic carbocycles. The first-order chi connectivity index (χ1) is 20.9. The number of carbonyl (C=O) groups excluding carboxylic acids is 1.